The number of anilines is 4. The maximum Gasteiger partial charge on any atom is 0.318 e. The molecule has 11 nitrogen and oxygen atoms in total. The molecular weight excluding hydrogens is 508 g/mol. The standard InChI is InChI=1S/C29H36N8O3/c1-6-8-24(38)31-20-13-11-19(12-14-20)27(39)33-22-10-7-9-21(17-22)32-26-23-18-37(28(40)30-15-16-36(4)5)29(2,3)25(23)34-35-26/h6-14,17H,15-16,18H2,1-5H3,(H,30,40)(H,31,38)(H,33,39)(H2,32,34,35)/b8-6+. The molecule has 4 rings (SSSR count). The van der Waals surface area contributed by atoms with Crippen molar-refractivity contribution >= 4 is 40.7 Å². The molecule has 2 aromatic carbocycles. The van der Waals surface area contributed by atoms with Gasteiger partial charge in [0.15, 0.2) is 5.82 Å². The van der Waals surface area contributed by atoms with Crippen LogP contribution in [0, 0.1) is 0 Å². The van der Waals surface area contributed by atoms with Crippen LogP contribution >= 0.6 is 0 Å². The van der Waals surface area contributed by atoms with E-state index in [0.717, 1.165) is 23.5 Å². The summed E-state index contributed by atoms with van der Waals surface area (Å²) < 4.78 is 0. The van der Waals surface area contributed by atoms with E-state index in [-0.39, 0.29) is 17.8 Å². The topological polar surface area (TPSA) is 134 Å². The average molecular weight is 545 g/mol. The number of nitrogens with one attached hydrogen (secondary N) is 5. The zero-order valence-electron chi connectivity index (χ0n) is 23.5. The van der Waals surface area contributed by atoms with Crippen LogP contribution in [0.1, 0.15) is 42.4 Å². The molecule has 210 valence electrons. The molecule has 0 fully saturated rings. The van der Waals surface area contributed by atoms with E-state index < -0.39 is 5.54 Å². The van der Waals surface area contributed by atoms with Gasteiger partial charge in [0.2, 0.25) is 5.91 Å². The van der Waals surface area contributed by atoms with Crippen LogP contribution in [0.3, 0.4) is 0 Å². The molecule has 0 spiro atoms. The highest BCUT2D eigenvalue weighted by molar-refractivity contribution is 6.05. The van der Waals surface area contributed by atoms with Crippen LogP contribution in [0.25, 0.3) is 0 Å². The van der Waals surface area contributed by atoms with Gasteiger partial charge < -0.3 is 31.1 Å². The maximum absolute atomic E-state index is 12.9. The SMILES string of the molecule is C/C=C/C(=O)Nc1ccc(C(=O)Nc2cccc(Nc3n[nH]c4c3CN(C(=O)NCCN(C)C)C4(C)C)c2)cc1. The number of aromatic nitrogens is 2. The van der Waals surface area contributed by atoms with E-state index in [1.807, 2.05) is 51.0 Å². The van der Waals surface area contributed by atoms with Crippen molar-refractivity contribution in [3.63, 3.8) is 0 Å². The van der Waals surface area contributed by atoms with Gasteiger partial charge in [0.05, 0.1) is 17.8 Å². The third-order valence-corrected chi connectivity index (χ3v) is 6.67. The Morgan fingerprint density at radius 1 is 1.05 bits per heavy atom. The molecule has 4 amide bonds. The molecule has 5 N–H and O–H groups in total. The molecule has 0 radical (unpaired) electrons. The van der Waals surface area contributed by atoms with Crippen LogP contribution in [0.5, 0.6) is 0 Å². The first kappa shape index (κ1) is 28.4. The summed E-state index contributed by atoms with van der Waals surface area (Å²) >= 11 is 0. The fourth-order valence-electron chi connectivity index (χ4n) is 4.48. The minimum Gasteiger partial charge on any atom is -0.338 e. The summed E-state index contributed by atoms with van der Waals surface area (Å²) in [6, 6.07) is 13.9. The molecule has 1 aliphatic rings. The van der Waals surface area contributed by atoms with Crippen molar-refractivity contribution in [2.75, 3.05) is 43.1 Å². The van der Waals surface area contributed by atoms with Gasteiger partial charge >= 0.3 is 6.03 Å². The second-order valence-electron chi connectivity index (χ2n) is 10.3. The molecule has 0 aliphatic carbocycles. The number of fused-ring (bicyclic) bond motifs is 1. The van der Waals surface area contributed by atoms with Gasteiger partial charge in [0.25, 0.3) is 5.91 Å². The second kappa shape index (κ2) is 12.0. The molecule has 40 heavy (non-hydrogen) atoms. The highest BCUT2D eigenvalue weighted by atomic mass is 16.2. The molecule has 2 heterocycles. The molecule has 11 heteroatoms. The first-order chi connectivity index (χ1) is 19.1. The van der Waals surface area contributed by atoms with Gasteiger partial charge in [-0.25, -0.2) is 4.79 Å². The van der Waals surface area contributed by atoms with E-state index in [1.165, 1.54) is 6.08 Å². The Labute approximate surface area is 234 Å². The first-order valence-electron chi connectivity index (χ1n) is 13.1. The van der Waals surface area contributed by atoms with E-state index in [2.05, 4.69) is 31.5 Å². The Kier molecular flexibility index (Phi) is 8.54. The summed E-state index contributed by atoms with van der Waals surface area (Å²) in [7, 11) is 3.93. The number of H-pyrrole nitrogens is 1. The molecule has 3 aromatic rings. The predicted octanol–water partition coefficient (Wildman–Crippen LogP) is 4.24. The Morgan fingerprint density at radius 3 is 2.48 bits per heavy atom. The molecule has 1 aromatic heterocycles. The van der Waals surface area contributed by atoms with Gasteiger partial charge in [-0.15, -0.1) is 0 Å². The van der Waals surface area contributed by atoms with Crippen molar-refractivity contribution in [1.29, 1.82) is 0 Å². The van der Waals surface area contributed by atoms with Crippen molar-refractivity contribution in [3.05, 3.63) is 77.5 Å². The predicted molar refractivity (Wildman–Crippen MR) is 157 cm³/mol. The van der Waals surface area contributed by atoms with Gasteiger partial charge in [-0.05, 0) is 83.4 Å². The molecule has 0 atom stereocenters. The Hall–Kier alpha value is -4.64. The zero-order valence-corrected chi connectivity index (χ0v) is 23.5. The van der Waals surface area contributed by atoms with Crippen molar-refractivity contribution in [1.82, 2.24) is 25.3 Å². The highest BCUT2D eigenvalue weighted by Crippen LogP contribution is 2.41. The first-order valence-corrected chi connectivity index (χ1v) is 13.1. The van der Waals surface area contributed by atoms with Crippen LogP contribution in [0.15, 0.2) is 60.7 Å². The number of hydrogen-bond donors (Lipinski definition) is 5. The van der Waals surface area contributed by atoms with Crippen molar-refractivity contribution in [2.24, 2.45) is 0 Å². The smallest absolute Gasteiger partial charge is 0.318 e. The Balaban J connectivity index is 1.41. The van der Waals surface area contributed by atoms with Gasteiger partial charge in [0, 0.05) is 41.3 Å². The molecule has 0 saturated carbocycles. The third-order valence-electron chi connectivity index (χ3n) is 6.67. The number of amides is 4. The quantitative estimate of drug-likeness (QED) is 0.256. The van der Waals surface area contributed by atoms with Crippen molar-refractivity contribution in [2.45, 2.75) is 32.9 Å². The van der Waals surface area contributed by atoms with Crippen LogP contribution in [-0.2, 0) is 16.9 Å². The molecular formula is C29H36N8O3. The van der Waals surface area contributed by atoms with Crippen LogP contribution < -0.4 is 21.3 Å². The number of urea groups is 1. The fourth-order valence-corrected chi connectivity index (χ4v) is 4.48. The van der Waals surface area contributed by atoms with Crippen LogP contribution in [-0.4, -0.2) is 65.0 Å². The monoisotopic (exact) mass is 544 g/mol. The normalized spacial score (nSPS) is 13.8. The molecule has 0 saturated heterocycles. The lowest BCUT2D eigenvalue weighted by Gasteiger charge is -2.32. The lowest BCUT2D eigenvalue weighted by Crippen LogP contribution is -2.47. The summed E-state index contributed by atoms with van der Waals surface area (Å²) in [5.41, 5.74) is 3.65. The maximum atomic E-state index is 12.9. The fraction of sp³-hybridized carbons (Fsp3) is 0.310. The second-order valence-corrected chi connectivity index (χ2v) is 10.3. The Bertz CT molecular complexity index is 1410. The zero-order chi connectivity index (χ0) is 28.9. The number of allylic oxidation sites excluding steroid dienone is 1. The van der Waals surface area contributed by atoms with E-state index in [4.69, 9.17) is 0 Å². The van der Waals surface area contributed by atoms with Gasteiger partial charge in [-0.2, -0.15) is 5.10 Å². The number of hydrogen-bond acceptors (Lipinski definition) is 6. The number of aromatic amines is 1. The summed E-state index contributed by atoms with van der Waals surface area (Å²) in [4.78, 5) is 41.3. The Morgan fingerprint density at radius 2 is 1.77 bits per heavy atom. The molecule has 0 bridgehead atoms. The lowest BCUT2D eigenvalue weighted by atomic mass is 10.0. The van der Waals surface area contributed by atoms with E-state index in [0.29, 0.717) is 35.8 Å². The van der Waals surface area contributed by atoms with Crippen molar-refractivity contribution < 1.29 is 14.4 Å². The summed E-state index contributed by atoms with van der Waals surface area (Å²) in [6.07, 6.45) is 3.09. The van der Waals surface area contributed by atoms with E-state index in [9.17, 15) is 14.4 Å². The van der Waals surface area contributed by atoms with Gasteiger partial charge in [-0.1, -0.05) is 12.1 Å². The van der Waals surface area contributed by atoms with Gasteiger partial charge in [0.1, 0.15) is 0 Å². The summed E-state index contributed by atoms with van der Waals surface area (Å²) in [5, 5.41) is 19.5. The number of carbonyl (C=O) groups excluding carboxylic acids is 3. The molecule has 0 unspecified atom stereocenters. The average Bonchev–Trinajstić information content (AvgIpc) is 3.42. The van der Waals surface area contributed by atoms with Crippen molar-refractivity contribution in [3.8, 4) is 0 Å². The summed E-state index contributed by atoms with van der Waals surface area (Å²) in [6.45, 7) is 7.48. The number of rotatable bonds is 9. The minimum absolute atomic E-state index is 0.125. The largest absolute Gasteiger partial charge is 0.338 e. The third kappa shape index (κ3) is 6.49. The number of carbonyl (C=O) groups is 3. The van der Waals surface area contributed by atoms with E-state index in [1.54, 1.807) is 48.2 Å². The lowest BCUT2D eigenvalue weighted by molar-refractivity contribution is -0.111. The van der Waals surface area contributed by atoms with Crippen LogP contribution in [0.2, 0.25) is 0 Å². The number of nitrogens with zero attached hydrogens (tertiary/aromatic N) is 3. The van der Waals surface area contributed by atoms with Crippen LogP contribution in [0.4, 0.5) is 27.7 Å². The molecule has 1 aliphatic heterocycles. The minimum atomic E-state index is -0.550. The van der Waals surface area contributed by atoms with E-state index >= 15 is 0 Å². The number of benzene rings is 2. The highest BCUT2D eigenvalue weighted by Gasteiger charge is 2.43. The summed E-state index contributed by atoms with van der Waals surface area (Å²) in [5.74, 6) is 0.124. The number of likely N-dealkylation sites (N-methyl/N-ethyl adjacent to an activating group) is 1. The van der Waals surface area contributed by atoms with Gasteiger partial charge in [-0.3, -0.25) is 14.7 Å².